The summed E-state index contributed by atoms with van der Waals surface area (Å²) in [6.07, 6.45) is 2.53. The lowest BCUT2D eigenvalue weighted by Crippen LogP contribution is -2.12. The van der Waals surface area contributed by atoms with Crippen LogP contribution in [0, 0.1) is 0 Å². The molecule has 2 N–H and O–H groups in total. The molecule has 0 amide bonds. The van der Waals surface area contributed by atoms with Gasteiger partial charge in [-0.25, -0.2) is 0 Å². The van der Waals surface area contributed by atoms with E-state index >= 15 is 0 Å². The number of nitrogens with zero attached hydrogens (tertiary/aromatic N) is 3. The summed E-state index contributed by atoms with van der Waals surface area (Å²) in [5.74, 6) is 1.23. The van der Waals surface area contributed by atoms with Crippen LogP contribution in [0.2, 0.25) is 0 Å². The molecule has 1 heterocycles. The molecule has 21 heavy (non-hydrogen) atoms. The molecular formula is C15H21N5O. The summed E-state index contributed by atoms with van der Waals surface area (Å²) < 4.78 is 5.00. The number of anilines is 2. The largest absolute Gasteiger partial charge is 0.385 e. The van der Waals surface area contributed by atoms with Gasteiger partial charge in [0.25, 0.3) is 0 Å². The highest BCUT2D eigenvalue weighted by molar-refractivity contribution is 5.39. The Morgan fingerprint density at radius 1 is 1.24 bits per heavy atom. The van der Waals surface area contributed by atoms with Crippen molar-refractivity contribution in [3.8, 4) is 0 Å². The maximum Gasteiger partial charge on any atom is 0.244 e. The molecule has 2 rings (SSSR count). The molecule has 0 aliphatic rings. The Bertz CT molecular complexity index is 535. The number of nitrogens with one attached hydrogen (secondary N) is 2. The van der Waals surface area contributed by atoms with Gasteiger partial charge in [0.2, 0.25) is 5.95 Å². The van der Waals surface area contributed by atoms with Crippen LogP contribution in [-0.2, 0) is 4.74 Å². The van der Waals surface area contributed by atoms with E-state index in [0.717, 1.165) is 13.0 Å². The van der Waals surface area contributed by atoms with Gasteiger partial charge in [-0.2, -0.15) is 10.1 Å². The lowest BCUT2D eigenvalue weighted by atomic mass is 10.1. The third-order valence-electron chi connectivity index (χ3n) is 3.03. The minimum Gasteiger partial charge on any atom is -0.385 e. The van der Waals surface area contributed by atoms with Crippen LogP contribution in [0.4, 0.5) is 11.8 Å². The van der Waals surface area contributed by atoms with Gasteiger partial charge >= 0.3 is 0 Å². The SMILES string of the molecule is COCCCNc1nncc(NC(C)c2ccccc2)n1. The Morgan fingerprint density at radius 3 is 2.81 bits per heavy atom. The average molecular weight is 287 g/mol. The maximum absolute atomic E-state index is 5.00. The van der Waals surface area contributed by atoms with E-state index in [2.05, 4.69) is 44.9 Å². The highest BCUT2D eigenvalue weighted by Crippen LogP contribution is 2.17. The van der Waals surface area contributed by atoms with Crippen molar-refractivity contribution in [2.24, 2.45) is 0 Å². The number of methoxy groups -OCH3 is 1. The molecule has 6 heteroatoms. The molecule has 2 aromatic rings. The van der Waals surface area contributed by atoms with Gasteiger partial charge in [-0.1, -0.05) is 30.3 Å². The predicted octanol–water partition coefficient (Wildman–Crippen LogP) is 2.49. The minimum absolute atomic E-state index is 0.157. The summed E-state index contributed by atoms with van der Waals surface area (Å²) in [5.41, 5.74) is 1.20. The molecule has 1 aromatic carbocycles. The first-order chi connectivity index (χ1) is 10.3. The predicted molar refractivity (Wildman–Crippen MR) is 83.3 cm³/mol. The second-order valence-electron chi connectivity index (χ2n) is 4.72. The molecule has 6 nitrogen and oxygen atoms in total. The molecular weight excluding hydrogens is 266 g/mol. The quantitative estimate of drug-likeness (QED) is 0.727. The third-order valence-corrected chi connectivity index (χ3v) is 3.03. The van der Waals surface area contributed by atoms with Crippen molar-refractivity contribution in [3.05, 3.63) is 42.1 Å². The number of ether oxygens (including phenoxy) is 1. The Labute approximate surface area is 125 Å². The Kier molecular flexibility index (Phi) is 5.90. The fraction of sp³-hybridized carbons (Fsp3) is 0.400. The van der Waals surface area contributed by atoms with Gasteiger partial charge in [-0.3, -0.25) is 0 Å². The highest BCUT2D eigenvalue weighted by Gasteiger charge is 2.06. The van der Waals surface area contributed by atoms with E-state index < -0.39 is 0 Å². The summed E-state index contributed by atoms with van der Waals surface area (Å²) in [4.78, 5) is 4.40. The second-order valence-corrected chi connectivity index (χ2v) is 4.72. The van der Waals surface area contributed by atoms with E-state index in [4.69, 9.17) is 4.74 Å². The van der Waals surface area contributed by atoms with Crippen LogP contribution in [0.15, 0.2) is 36.5 Å². The first-order valence-electron chi connectivity index (χ1n) is 7.03. The molecule has 0 aliphatic heterocycles. The number of rotatable bonds is 8. The van der Waals surface area contributed by atoms with Gasteiger partial charge in [-0.15, -0.1) is 5.10 Å². The normalized spacial score (nSPS) is 11.9. The number of hydrogen-bond donors (Lipinski definition) is 2. The molecule has 0 aliphatic carbocycles. The van der Waals surface area contributed by atoms with Gasteiger partial charge in [0.05, 0.1) is 6.20 Å². The molecule has 0 saturated heterocycles. The maximum atomic E-state index is 5.00. The van der Waals surface area contributed by atoms with E-state index in [-0.39, 0.29) is 6.04 Å². The molecule has 0 bridgehead atoms. The van der Waals surface area contributed by atoms with Crippen LogP contribution in [0.25, 0.3) is 0 Å². The minimum atomic E-state index is 0.157. The molecule has 0 fully saturated rings. The topological polar surface area (TPSA) is 72.0 Å². The summed E-state index contributed by atoms with van der Waals surface area (Å²) in [5, 5.41) is 14.4. The van der Waals surface area contributed by atoms with E-state index in [1.165, 1.54) is 5.56 Å². The van der Waals surface area contributed by atoms with Crippen molar-refractivity contribution < 1.29 is 4.74 Å². The molecule has 0 saturated carbocycles. The first kappa shape index (κ1) is 15.2. The van der Waals surface area contributed by atoms with E-state index in [1.807, 2.05) is 18.2 Å². The summed E-state index contributed by atoms with van der Waals surface area (Å²) in [7, 11) is 1.69. The average Bonchev–Trinajstić information content (AvgIpc) is 2.53. The summed E-state index contributed by atoms with van der Waals surface area (Å²) >= 11 is 0. The molecule has 112 valence electrons. The standard InChI is InChI=1S/C15H21N5O/c1-12(13-7-4-3-5-8-13)18-14-11-17-20-15(19-14)16-9-6-10-21-2/h3-5,7-8,11-12H,6,9-10H2,1-2H3,(H2,16,18,19,20). The Hall–Kier alpha value is -2.21. The third kappa shape index (κ3) is 5.00. The number of benzene rings is 1. The van der Waals surface area contributed by atoms with Crippen molar-refractivity contribution in [1.29, 1.82) is 0 Å². The van der Waals surface area contributed by atoms with Gasteiger partial charge in [0.15, 0.2) is 5.82 Å². The summed E-state index contributed by atoms with van der Waals surface area (Å²) in [6, 6.07) is 10.4. The van der Waals surface area contributed by atoms with Crippen molar-refractivity contribution in [2.75, 3.05) is 30.9 Å². The first-order valence-corrected chi connectivity index (χ1v) is 7.03. The van der Waals surface area contributed by atoms with Crippen molar-refractivity contribution in [1.82, 2.24) is 15.2 Å². The number of hydrogen-bond acceptors (Lipinski definition) is 6. The van der Waals surface area contributed by atoms with Crippen molar-refractivity contribution in [2.45, 2.75) is 19.4 Å². The number of aromatic nitrogens is 3. The van der Waals surface area contributed by atoms with Crippen LogP contribution in [-0.4, -0.2) is 35.4 Å². The van der Waals surface area contributed by atoms with E-state index in [9.17, 15) is 0 Å². The monoisotopic (exact) mass is 287 g/mol. The molecule has 1 atom stereocenters. The molecule has 1 unspecified atom stereocenters. The lowest BCUT2D eigenvalue weighted by molar-refractivity contribution is 0.197. The lowest BCUT2D eigenvalue weighted by Gasteiger charge is -2.14. The fourth-order valence-electron chi connectivity index (χ4n) is 1.91. The van der Waals surface area contributed by atoms with Crippen molar-refractivity contribution >= 4 is 11.8 Å². The highest BCUT2D eigenvalue weighted by atomic mass is 16.5. The van der Waals surface area contributed by atoms with Crippen LogP contribution in [0.3, 0.4) is 0 Å². The fourth-order valence-corrected chi connectivity index (χ4v) is 1.91. The molecule has 1 aromatic heterocycles. The van der Waals surface area contributed by atoms with Crippen molar-refractivity contribution in [3.63, 3.8) is 0 Å². The van der Waals surface area contributed by atoms with E-state index in [1.54, 1.807) is 13.3 Å². The van der Waals surface area contributed by atoms with Crippen LogP contribution < -0.4 is 10.6 Å². The van der Waals surface area contributed by atoms with Crippen LogP contribution in [0.1, 0.15) is 24.9 Å². The smallest absolute Gasteiger partial charge is 0.244 e. The van der Waals surface area contributed by atoms with Gasteiger partial charge < -0.3 is 15.4 Å². The van der Waals surface area contributed by atoms with Gasteiger partial charge in [-0.05, 0) is 18.9 Å². The zero-order valence-electron chi connectivity index (χ0n) is 12.4. The van der Waals surface area contributed by atoms with Crippen LogP contribution in [0.5, 0.6) is 0 Å². The zero-order chi connectivity index (χ0) is 14.9. The zero-order valence-corrected chi connectivity index (χ0v) is 12.4. The van der Waals surface area contributed by atoms with Crippen LogP contribution >= 0.6 is 0 Å². The van der Waals surface area contributed by atoms with E-state index in [0.29, 0.717) is 18.4 Å². The molecule has 0 spiro atoms. The Morgan fingerprint density at radius 2 is 2.05 bits per heavy atom. The second kappa shape index (κ2) is 8.16. The Balaban J connectivity index is 1.91. The molecule has 0 radical (unpaired) electrons. The summed E-state index contributed by atoms with van der Waals surface area (Å²) in [6.45, 7) is 3.56. The van der Waals surface area contributed by atoms with Gasteiger partial charge in [0.1, 0.15) is 0 Å². The van der Waals surface area contributed by atoms with Gasteiger partial charge in [0, 0.05) is 26.3 Å².